The largest absolute Gasteiger partial charge is 0.356 e. The summed E-state index contributed by atoms with van der Waals surface area (Å²) in [6, 6.07) is 8.66. The Kier molecular flexibility index (Phi) is 4.02. The van der Waals surface area contributed by atoms with Gasteiger partial charge in [0.15, 0.2) is 0 Å². The Morgan fingerprint density at radius 1 is 1.25 bits per heavy atom. The zero-order valence-electron chi connectivity index (χ0n) is 12.0. The number of anilines is 1. The number of rotatable bonds is 4. The van der Waals surface area contributed by atoms with Crippen molar-refractivity contribution in [3.05, 3.63) is 36.7 Å². The average molecular weight is 270 g/mol. The molecule has 2 aromatic rings. The summed E-state index contributed by atoms with van der Waals surface area (Å²) in [5, 5.41) is 3.62. The topological polar surface area (TPSA) is 44.0 Å². The highest BCUT2D eigenvalue weighted by Crippen LogP contribution is 2.23. The lowest BCUT2D eigenvalue weighted by Gasteiger charge is -2.36. The normalized spacial score (nSPS) is 18.9. The van der Waals surface area contributed by atoms with Crippen LogP contribution in [-0.4, -0.2) is 29.2 Å². The van der Waals surface area contributed by atoms with E-state index < -0.39 is 0 Å². The number of aromatic amines is 1. The lowest BCUT2D eigenvalue weighted by atomic mass is 10.1. The van der Waals surface area contributed by atoms with Crippen molar-refractivity contribution >= 4 is 5.69 Å². The van der Waals surface area contributed by atoms with Crippen LogP contribution in [0.2, 0.25) is 0 Å². The maximum Gasteiger partial charge on any atom is 0.137 e. The molecule has 0 saturated carbocycles. The standard InChI is InChI=1S/C16H22N4/c1-2-20(15-5-3-4-10-17-15)14-8-6-13(7-9-14)16-18-11-12-19-16/h6-9,11-12,15,17H,2-5,10H2,1H3,(H,18,19). The van der Waals surface area contributed by atoms with E-state index in [1.165, 1.54) is 24.9 Å². The summed E-state index contributed by atoms with van der Waals surface area (Å²) in [6.07, 6.45) is 7.96. The Morgan fingerprint density at radius 3 is 2.70 bits per heavy atom. The van der Waals surface area contributed by atoms with Gasteiger partial charge in [-0.1, -0.05) is 0 Å². The van der Waals surface area contributed by atoms with Gasteiger partial charge in [-0.15, -0.1) is 0 Å². The Balaban J connectivity index is 1.78. The number of aromatic nitrogens is 2. The highest BCUT2D eigenvalue weighted by Gasteiger charge is 2.19. The van der Waals surface area contributed by atoms with Crippen LogP contribution in [0.15, 0.2) is 36.7 Å². The van der Waals surface area contributed by atoms with Crippen LogP contribution in [0.4, 0.5) is 5.69 Å². The van der Waals surface area contributed by atoms with Gasteiger partial charge in [0, 0.05) is 30.2 Å². The van der Waals surface area contributed by atoms with Crippen molar-refractivity contribution in [3.63, 3.8) is 0 Å². The van der Waals surface area contributed by atoms with Crippen LogP contribution in [0.5, 0.6) is 0 Å². The van der Waals surface area contributed by atoms with E-state index in [-0.39, 0.29) is 0 Å². The number of imidazole rings is 1. The van der Waals surface area contributed by atoms with Gasteiger partial charge in [0.2, 0.25) is 0 Å². The fraction of sp³-hybridized carbons (Fsp3) is 0.438. The Hall–Kier alpha value is -1.81. The summed E-state index contributed by atoms with van der Waals surface area (Å²) in [4.78, 5) is 9.88. The van der Waals surface area contributed by atoms with E-state index in [0.717, 1.165) is 24.5 Å². The molecule has 2 N–H and O–H groups in total. The predicted molar refractivity (Wildman–Crippen MR) is 82.7 cm³/mol. The molecular formula is C16H22N4. The number of benzene rings is 1. The summed E-state index contributed by atoms with van der Waals surface area (Å²) >= 11 is 0. The highest BCUT2D eigenvalue weighted by atomic mass is 15.3. The number of hydrogen-bond acceptors (Lipinski definition) is 3. The van der Waals surface area contributed by atoms with Crippen LogP contribution in [-0.2, 0) is 0 Å². The first kappa shape index (κ1) is 13.2. The van der Waals surface area contributed by atoms with E-state index in [2.05, 4.69) is 51.4 Å². The van der Waals surface area contributed by atoms with E-state index in [0.29, 0.717) is 6.17 Å². The summed E-state index contributed by atoms with van der Waals surface area (Å²) in [5.74, 6) is 0.926. The number of hydrogen-bond donors (Lipinski definition) is 2. The first-order valence-electron chi connectivity index (χ1n) is 7.48. The predicted octanol–water partition coefficient (Wildman–Crippen LogP) is 3.00. The third kappa shape index (κ3) is 2.70. The molecule has 2 heterocycles. The number of nitrogens with one attached hydrogen (secondary N) is 2. The quantitative estimate of drug-likeness (QED) is 0.897. The third-order valence-electron chi connectivity index (χ3n) is 3.97. The average Bonchev–Trinajstić information content (AvgIpc) is 3.04. The molecule has 1 fully saturated rings. The van der Waals surface area contributed by atoms with E-state index in [1.54, 1.807) is 6.20 Å². The first-order chi connectivity index (χ1) is 9.88. The van der Waals surface area contributed by atoms with Crippen molar-refractivity contribution < 1.29 is 0 Å². The molecule has 1 atom stereocenters. The van der Waals surface area contributed by atoms with Gasteiger partial charge in [-0.3, -0.25) is 5.32 Å². The molecule has 0 bridgehead atoms. The molecule has 20 heavy (non-hydrogen) atoms. The lowest BCUT2D eigenvalue weighted by Crippen LogP contribution is -2.48. The first-order valence-corrected chi connectivity index (χ1v) is 7.48. The van der Waals surface area contributed by atoms with Crippen molar-refractivity contribution in [1.29, 1.82) is 0 Å². The van der Waals surface area contributed by atoms with Gasteiger partial charge in [-0.2, -0.15) is 0 Å². The summed E-state index contributed by atoms with van der Waals surface area (Å²) in [7, 11) is 0. The molecule has 1 saturated heterocycles. The molecule has 4 heteroatoms. The number of nitrogens with zero attached hydrogens (tertiary/aromatic N) is 2. The van der Waals surface area contributed by atoms with E-state index in [4.69, 9.17) is 0 Å². The molecule has 0 aliphatic carbocycles. The van der Waals surface area contributed by atoms with Crippen LogP contribution < -0.4 is 10.2 Å². The fourth-order valence-corrected chi connectivity index (χ4v) is 2.92. The van der Waals surface area contributed by atoms with Crippen molar-refractivity contribution in [1.82, 2.24) is 15.3 Å². The van der Waals surface area contributed by atoms with Crippen LogP contribution in [0, 0.1) is 0 Å². The summed E-state index contributed by atoms with van der Waals surface area (Å²) in [6.45, 7) is 4.38. The van der Waals surface area contributed by atoms with Gasteiger partial charge in [0.25, 0.3) is 0 Å². The maximum atomic E-state index is 4.29. The van der Waals surface area contributed by atoms with Gasteiger partial charge in [0.1, 0.15) is 5.82 Å². The Morgan fingerprint density at radius 2 is 2.10 bits per heavy atom. The SMILES string of the molecule is CCN(c1ccc(-c2ncc[nH]2)cc1)C1CCCCN1. The van der Waals surface area contributed by atoms with Gasteiger partial charge in [-0.25, -0.2) is 4.98 Å². The van der Waals surface area contributed by atoms with Crippen molar-refractivity contribution in [2.45, 2.75) is 32.4 Å². The van der Waals surface area contributed by atoms with Crippen LogP contribution in [0.1, 0.15) is 26.2 Å². The fourth-order valence-electron chi connectivity index (χ4n) is 2.92. The van der Waals surface area contributed by atoms with E-state index >= 15 is 0 Å². The Bertz CT molecular complexity index is 512. The second kappa shape index (κ2) is 6.09. The minimum Gasteiger partial charge on any atom is -0.356 e. The van der Waals surface area contributed by atoms with Gasteiger partial charge in [-0.05, 0) is 57.0 Å². The molecule has 0 radical (unpaired) electrons. The summed E-state index contributed by atoms with van der Waals surface area (Å²) in [5.41, 5.74) is 2.41. The molecule has 1 aromatic heterocycles. The zero-order valence-corrected chi connectivity index (χ0v) is 12.0. The maximum absolute atomic E-state index is 4.29. The number of piperidine rings is 1. The van der Waals surface area contributed by atoms with Crippen molar-refractivity contribution in [2.24, 2.45) is 0 Å². The molecule has 3 rings (SSSR count). The van der Waals surface area contributed by atoms with Crippen LogP contribution in [0.25, 0.3) is 11.4 Å². The molecule has 0 amide bonds. The van der Waals surface area contributed by atoms with Crippen molar-refractivity contribution in [2.75, 3.05) is 18.0 Å². The highest BCUT2D eigenvalue weighted by molar-refractivity contribution is 5.60. The summed E-state index contributed by atoms with van der Waals surface area (Å²) < 4.78 is 0. The van der Waals surface area contributed by atoms with Crippen LogP contribution >= 0.6 is 0 Å². The van der Waals surface area contributed by atoms with Crippen LogP contribution in [0.3, 0.4) is 0 Å². The van der Waals surface area contributed by atoms with Gasteiger partial charge in [0.05, 0.1) is 6.17 Å². The second-order valence-electron chi connectivity index (χ2n) is 5.24. The monoisotopic (exact) mass is 270 g/mol. The minimum atomic E-state index is 0.475. The van der Waals surface area contributed by atoms with E-state index in [1.807, 2.05) is 6.20 Å². The lowest BCUT2D eigenvalue weighted by molar-refractivity contribution is 0.388. The van der Waals surface area contributed by atoms with Gasteiger partial charge >= 0.3 is 0 Å². The van der Waals surface area contributed by atoms with E-state index in [9.17, 15) is 0 Å². The molecular weight excluding hydrogens is 248 g/mol. The van der Waals surface area contributed by atoms with Crippen molar-refractivity contribution in [3.8, 4) is 11.4 Å². The zero-order chi connectivity index (χ0) is 13.8. The molecule has 4 nitrogen and oxygen atoms in total. The third-order valence-corrected chi connectivity index (χ3v) is 3.97. The smallest absolute Gasteiger partial charge is 0.137 e. The molecule has 1 unspecified atom stereocenters. The number of H-pyrrole nitrogens is 1. The molecule has 1 aliphatic rings. The molecule has 1 aliphatic heterocycles. The second-order valence-corrected chi connectivity index (χ2v) is 5.24. The molecule has 0 spiro atoms. The molecule has 1 aromatic carbocycles. The molecule has 106 valence electrons. The van der Waals surface area contributed by atoms with Gasteiger partial charge < -0.3 is 9.88 Å². The Labute approximate surface area is 120 Å². The minimum absolute atomic E-state index is 0.475.